The van der Waals surface area contributed by atoms with Gasteiger partial charge in [0.2, 0.25) is 0 Å². The van der Waals surface area contributed by atoms with Crippen molar-refractivity contribution < 1.29 is 18.7 Å². The predicted molar refractivity (Wildman–Crippen MR) is 112 cm³/mol. The standard InChI is InChI=1S/C24H23FN2O3/c1-14-21(24(29)27-17-9-3-4-12-20(17)30-2)22(15-7-5-8-16(25)13-15)23-18(26-14)10-6-11-19(23)28/h3-5,7-9,12-13,22,26H,6,10-11H2,1-2H3,(H,27,29)/t22-/m0/s1. The maximum Gasteiger partial charge on any atom is 0.254 e. The maximum absolute atomic E-state index is 14.1. The molecule has 1 amide bonds. The van der Waals surface area contributed by atoms with Crippen molar-refractivity contribution in [3.05, 3.63) is 82.5 Å². The van der Waals surface area contributed by atoms with E-state index in [-0.39, 0.29) is 11.7 Å². The van der Waals surface area contributed by atoms with Gasteiger partial charge in [0.05, 0.1) is 12.8 Å². The summed E-state index contributed by atoms with van der Waals surface area (Å²) in [6.07, 6.45) is 1.91. The summed E-state index contributed by atoms with van der Waals surface area (Å²) < 4.78 is 19.4. The number of methoxy groups -OCH3 is 1. The molecule has 1 heterocycles. The van der Waals surface area contributed by atoms with E-state index in [9.17, 15) is 14.0 Å². The normalized spacial score (nSPS) is 18.6. The molecule has 30 heavy (non-hydrogen) atoms. The molecule has 1 aliphatic heterocycles. The fourth-order valence-electron chi connectivity index (χ4n) is 4.24. The second-order valence-corrected chi connectivity index (χ2v) is 7.48. The first kappa shape index (κ1) is 19.9. The van der Waals surface area contributed by atoms with Gasteiger partial charge in [-0.25, -0.2) is 4.39 Å². The quantitative estimate of drug-likeness (QED) is 0.788. The summed E-state index contributed by atoms with van der Waals surface area (Å²) in [6.45, 7) is 1.81. The van der Waals surface area contributed by atoms with Crippen molar-refractivity contribution in [2.45, 2.75) is 32.1 Å². The molecular formula is C24H23FN2O3. The molecule has 0 spiro atoms. The number of Topliss-reactive ketones (excluding diaryl/α,β-unsaturated/α-hetero) is 1. The molecular weight excluding hydrogens is 383 g/mol. The van der Waals surface area contributed by atoms with Gasteiger partial charge in [-0.05, 0) is 49.6 Å². The molecule has 2 aliphatic rings. The summed E-state index contributed by atoms with van der Waals surface area (Å²) in [5.74, 6) is -0.862. The second-order valence-electron chi connectivity index (χ2n) is 7.48. The zero-order valence-corrected chi connectivity index (χ0v) is 16.9. The topological polar surface area (TPSA) is 67.4 Å². The number of carbonyl (C=O) groups excluding carboxylic acids is 2. The van der Waals surface area contributed by atoms with E-state index in [0.717, 1.165) is 18.5 Å². The van der Waals surface area contributed by atoms with Gasteiger partial charge in [0.25, 0.3) is 5.91 Å². The van der Waals surface area contributed by atoms with E-state index in [4.69, 9.17) is 4.74 Å². The van der Waals surface area contributed by atoms with Crippen molar-refractivity contribution in [2.24, 2.45) is 0 Å². The molecule has 154 valence electrons. The van der Waals surface area contributed by atoms with Crippen molar-refractivity contribution in [1.29, 1.82) is 0 Å². The minimum atomic E-state index is -0.626. The van der Waals surface area contributed by atoms with E-state index in [0.29, 0.717) is 40.3 Å². The SMILES string of the molecule is COc1ccccc1NC(=O)C1=C(C)NC2=C(C(=O)CCC2)[C@H]1c1cccc(F)c1. The maximum atomic E-state index is 14.1. The summed E-state index contributed by atoms with van der Waals surface area (Å²) >= 11 is 0. The first-order valence-corrected chi connectivity index (χ1v) is 9.93. The lowest BCUT2D eigenvalue weighted by atomic mass is 9.75. The van der Waals surface area contributed by atoms with Gasteiger partial charge in [0.1, 0.15) is 11.6 Å². The molecule has 4 rings (SSSR count). The molecule has 6 heteroatoms. The minimum Gasteiger partial charge on any atom is -0.495 e. The van der Waals surface area contributed by atoms with Crippen molar-refractivity contribution in [3.8, 4) is 5.75 Å². The number of rotatable bonds is 4. The van der Waals surface area contributed by atoms with Crippen LogP contribution in [0.1, 0.15) is 37.7 Å². The molecule has 2 aromatic carbocycles. The van der Waals surface area contributed by atoms with Crippen LogP contribution < -0.4 is 15.4 Å². The lowest BCUT2D eigenvalue weighted by molar-refractivity contribution is -0.116. The van der Waals surface area contributed by atoms with E-state index in [2.05, 4.69) is 10.6 Å². The number of carbonyl (C=O) groups is 2. The number of hydrogen-bond acceptors (Lipinski definition) is 4. The number of ether oxygens (including phenoxy) is 1. The summed E-state index contributed by atoms with van der Waals surface area (Å²) in [4.78, 5) is 26.3. The van der Waals surface area contributed by atoms with Gasteiger partial charge in [-0.1, -0.05) is 24.3 Å². The zero-order valence-electron chi connectivity index (χ0n) is 16.9. The molecule has 0 unspecified atom stereocenters. The molecule has 5 nitrogen and oxygen atoms in total. The number of allylic oxidation sites excluding steroid dienone is 3. The average Bonchev–Trinajstić information content (AvgIpc) is 2.73. The van der Waals surface area contributed by atoms with Gasteiger partial charge < -0.3 is 15.4 Å². The Hall–Kier alpha value is -3.41. The Labute approximate surface area is 174 Å². The molecule has 0 saturated carbocycles. The van der Waals surface area contributed by atoms with E-state index >= 15 is 0 Å². The Balaban J connectivity index is 1.80. The number of anilines is 1. The average molecular weight is 406 g/mol. The van der Waals surface area contributed by atoms with Crippen LogP contribution in [0.4, 0.5) is 10.1 Å². The summed E-state index contributed by atoms with van der Waals surface area (Å²) in [6, 6.07) is 13.2. The van der Waals surface area contributed by atoms with Crippen molar-refractivity contribution in [1.82, 2.24) is 5.32 Å². The lowest BCUT2D eigenvalue weighted by Gasteiger charge is -2.34. The summed E-state index contributed by atoms with van der Waals surface area (Å²) in [5, 5.41) is 6.16. The number of para-hydroxylation sites is 2. The largest absolute Gasteiger partial charge is 0.495 e. The van der Waals surface area contributed by atoms with Crippen molar-refractivity contribution in [2.75, 3.05) is 12.4 Å². The Morgan fingerprint density at radius 1 is 1.17 bits per heavy atom. The number of ketones is 1. The Kier molecular flexibility index (Phi) is 5.40. The van der Waals surface area contributed by atoms with Crippen LogP contribution in [-0.4, -0.2) is 18.8 Å². The highest BCUT2D eigenvalue weighted by molar-refractivity contribution is 6.10. The van der Waals surface area contributed by atoms with E-state index < -0.39 is 11.7 Å². The third kappa shape index (κ3) is 3.61. The Morgan fingerprint density at radius 2 is 1.97 bits per heavy atom. The summed E-state index contributed by atoms with van der Waals surface area (Å²) in [5.41, 5.74) is 3.56. The third-order valence-electron chi connectivity index (χ3n) is 5.56. The Bertz CT molecular complexity index is 1090. The van der Waals surface area contributed by atoms with Crippen LogP contribution in [0, 0.1) is 5.82 Å². The molecule has 2 N–H and O–H groups in total. The molecule has 0 saturated heterocycles. The number of hydrogen-bond donors (Lipinski definition) is 2. The van der Waals surface area contributed by atoms with Crippen molar-refractivity contribution in [3.63, 3.8) is 0 Å². The first-order chi connectivity index (χ1) is 14.5. The third-order valence-corrected chi connectivity index (χ3v) is 5.56. The van der Waals surface area contributed by atoms with E-state index in [1.807, 2.05) is 13.0 Å². The van der Waals surface area contributed by atoms with Crippen LogP contribution >= 0.6 is 0 Å². The highest BCUT2D eigenvalue weighted by atomic mass is 19.1. The van der Waals surface area contributed by atoms with Gasteiger partial charge in [0.15, 0.2) is 5.78 Å². The van der Waals surface area contributed by atoms with Crippen LogP contribution in [0.2, 0.25) is 0 Å². The number of benzene rings is 2. The molecule has 0 aromatic heterocycles. The van der Waals surface area contributed by atoms with Gasteiger partial charge in [0, 0.05) is 34.9 Å². The van der Waals surface area contributed by atoms with Gasteiger partial charge in [-0.3, -0.25) is 9.59 Å². The van der Waals surface area contributed by atoms with E-state index in [1.165, 1.54) is 19.2 Å². The zero-order chi connectivity index (χ0) is 21.3. The summed E-state index contributed by atoms with van der Waals surface area (Å²) in [7, 11) is 1.53. The number of amides is 1. The molecule has 0 radical (unpaired) electrons. The number of dihydropyridines is 1. The highest BCUT2D eigenvalue weighted by Crippen LogP contribution is 2.42. The smallest absolute Gasteiger partial charge is 0.254 e. The molecule has 1 aliphatic carbocycles. The molecule has 2 aromatic rings. The Morgan fingerprint density at radius 3 is 2.73 bits per heavy atom. The van der Waals surface area contributed by atoms with Crippen molar-refractivity contribution >= 4 is 17.4 Å². The van der Waals surface area contributed by atoms with Crippen LogP contribution in [-0.2, 0) is 9.59 Å². The van der Waals surface area contributed by atoms with E-state index in [1.54, 1.807) is 30.3 Å². The lowest BCUT2D eigenvalue weighted by Crippen LogP contribution is -2.35. The highest BCUT2D eigenvalue weighted by Gasteiger charge is 2.38. The second kappa shape index (κ2) is 8.14. The van der Waals surface area contributed by atoms with Crippen LogP contribution in [0.3, 0.4) is 0 Å². The molecule has 0 fully saturated rings. The minimum absolute atomic E-state index is 0.00639. The van der Waals surface area contributed by atoms with Gasteiger partial charge in [-0.15, -0.1) is 0 Å². The molecule has 0 bridgehead atoms. The predicted octanol–water partition coefficient (Wildman–Crippen LogP) is 4.44. The molecule has 1 atom stereocenters. The monoisotopic (exact) mass is 406 g/mol. The first-order valence-electron chi connectivity index (χ1n) is 9.93. The van der Waals surface area contributed by atoms with Gasteiger partial charge in [-0.2, -0.15) is 0 Å². The fraction of sp³-hybridized carbons (Fsp3) is 0.250. The van der Waals surface area contributed by atoms with Crippen LogP contribution in [0.5, 0.6) is 5.75 Å². The van der Waals surface area contributed by atoms with Crippen LogP contribution in [0.25, 0.3) is 0 Å². The number of halogens is 1. The fourth-order valence-corrected chi connectivity index (χ4v) is 4.24. The number of nitrogens with one attached hydrogen (secondary N) is 2. The van der Waals surface area contributed by atoms with Crippen LogP contribution in [0.15, 0.2) is 71.1 Å². The van der Waals surface area contributed by atoms with Gasteiger partial charge >= 0.3 is 0 Å².